The Bertz CT molecular complexity index is 842. The van der Waals surface area contributed by atoms with E-state index in [-0.39, 0.29) is 23.9 Å². The van der Waals surface area contributed by atoms with Crippen molar-refractivity contribution < 1.29 is 9.59 Å². The molecular formula is C24H32N4O2. The first-order valence-electron chi connectivity index (χ1n) is 11.5. The molecule has 30 heavy (non-hydrogen) atoms. The second-order valence-electron chi connectivity index (χ2n) is 9.31. The highest BCUT2D eigenvalue weighted by Crippen LogP contribution is 2.51. The molecule has 2 aliphatic heterocycles. The van der Waals surface area contributed by atoms with Crippen molar-refractivity contribution in [3.05, 3.63) is 41.6 Å². The van der Waals surface area contributed by atoms with Gasteiger partial charge in [-0.05, 0) is 42.7 Å². The lowest BCUT2D eigenvalue weighted by Crippen LogP contribution is -2.58. The zero-order valence-electron chi connectivity index (χ0n) is 17.6. The SMILES string of the molecule is NC(=O)C1C(c2ccccc2)=C(C2CC2)N2CCN(C(=O)NC3CCCCC3)CC12. The quantitative estimate of drug-likeness (QED) is 0.804. The molecule has 0 aromatic heterocycles. The van der Waals surface area contributed by atoms with Crippen LogP contribution in [-0.4, -0.2) is 53.5 Å². The molecule has 0 spiro atoms. The summed E-state index contributed by atoms with van der Waals surface area (Å²) in [6, 6.07) is 10.5. The minimum absolute atomic E-state index is 0.0194. The maximum atomic E-state index is 13.0. The molecular weight excluding hydrogens is 376 g/mol. The van der Waals surface area contributed by atoms with Crippen LogP contribution >= 0.6 is 0 Å². The number of nitrogens with zero attached hydrogens (tertiary/aromatic N) is 2. The molecule has 1 aromatic carbocycles. The van der Waals surface area contributed by atoms with E-state index in [1.165, 1.54) is 37.8 Å². The predicted octanol–water partition coefficient (Wildman–Crippen LogP) is 2.95. The molecule has 2 saturated carbocycles. The normalized spacial score (nSPS) is 27.2. The molecule has 1 aromatic rings. The van der Waals surface area contributed by atoms with E-state index in [1.807, 2.05) is 23.1 Å². The predicted molar refractivity (Wildman–Crippen MR) is 116 cm³/mol. The highest BCUT2D eigenvalue weighted by Gasteiger charge is 2.50. The number of fused-ring (bicyclic) bond motifs is 1. The average molecular weight is 409 g/mol. The molecule has 3 amide bonds. The number of carbonyl (C=O) groups excluding carboxylic acids is 2. The van der Waals surface area contributed by atoms with E-state index in [0.29, 0.717) is 25.0 Å². The summed E-state index contributed by atoms with van der Waals surface area (Å²) in [5, 5.41) is 3.24. The van der Waals surface area contributed by atoms with Gasteiger partial charge in [-0.1, -0.05) is 49.6 Å². The van der Waals surface area contributed by atoms with Crippen LogP contribution in [0.4, 0.5) is 4.79 Å². The monoisotopic (exact) mass is 408 g/mol. The number of urea groups is 1. The lowest BCUT2D eigenvalue weighted by atomic mass is 9.87. The Balaban J connectivity index is 1.39. The van der Waals surface area contributed by atoms with Crippen LogP contribution in [0.1, 0.15) is 50.5 Å². The van der Waals surface area contributed by atoms with Crippen molar-refractivity contribution in [2.24, 2.45) is 17.6 Å². The van der Waals surface area contributed by atoms with Crippen molar-refractivity contribution >= 4 is 17.5 Å². The van der Waals surface area contributed by atoms with Crippen LogP contribution in [0.5, 0.6) is 0 Å². The first kappa shape index (κ1) is 19.5. The Labute approximate surface area is 178 Å². The van der Waals surface area contributed by atoms with Gasteiger partial charge in [0.25, 0.3) is 0 Å². The topological polar surface area (TPSA) is 78.7 Å². The fourth-order valence-corrected chi connectivity index (χ4v) is 5.69. The summed E-state index contributed by atoms with van der Waals surface area (Å²) < 4.78 is 0. The van der Waals surface area contributed by atoms with Gasteiger partial charge in [0.15, 0.2) is 0 Å². The Morgan fingerprint density at radius 2 is 1.70 bits per heavy atom. The van der Waals surface area contributed by atoms with Gasteiger partial charge in [-0.15, -0.1) is 0 Å². The van der Waals surface area contributed by atoms with Crippen LogP contribution in [0.15, 0.2) is 36.0 Å². The number of hydrogen-bond acceptors (Lipinski definition) is 3. The van der Waals surface area contributed by atoms with Crippen LogP contribution < -0.4 is 11.1 Å². The Kier molecular flexibility index (Phi) is 5.17. The number of piperazine rings is 1. The van der Waals surface area contributed by atoms with E-state index in [0.717, 1.165) is 30.5 Å². The van der Waals surface area contributed by atoms with Crippen molar-refractivity contribution in [3.63, 3.8) is 0 Å². The maximum absolute atomic E-state index is 13.0. The number of hydrogen-bond donors (Lipinski definition) is 2. The first-order valence-corrected chi connectivity index (χ1v) is 11.5. The van der Waals surface area contributed by atoms with Gasteiger partial charge >= 0.3 is 6.03 Å². The highest BCUT2D eigenvalue weighted by molar-refractivity contribution is 5.94. The van der Waals surface area contributed by atoms with Gasteiger partial charge in [0.05, 0.1) is 12.0 Å². The number of nitrogens with one attached hydrogen (secondary N) is 1. The second kappa shape index (κ2) is 7.97. The lowest BCUT2D eigenvalue weighted by Gasteiger charge is -2.42. The molecule has 2 aliphatic carbocycles. The zero-order chi connectivity index (χ0) is 20.7. The van der Waals surface area contributed by atoms with E-state index < -0.39 is 0 Å². The van der Waals surface area contributed by atoms with E-state index in [2.05, 4.69) is 22.3 Å². The van der Waals surface area contributed by atoms with Gasteiger partial charge in [0.2, 0.25) is 5.91 Å². The number of benzene rings is 1. The summed E-state index contributed by atoms with van der Waals surface area (Å²) in [5.74, 6) is -0.128. The molecule has 2 heterocycles. The fraction of sp³-hybridized carbons (Fsp3) is 0.583. The van der Waals surface area contributed by atoms with Crippen molar-refractivity contribution in [2.45, 2.75) is 57.0 Å². The van der Waals surface area contributed by atoms with E-state index in [1.54, 1.807) is 0 Å². The van der Waals surface area contributed by atoms with Crippen LogP contribution in [0.25, 0.3) is 5.57 Å². The molecule has 0 radical (unpaired) electrons. The number of rotatable bonds is 4. The molecule has 5 rings (SSSR count). The molecule has 6 nitrogen and oxygen atoms in total. The summed E-state index contributed by atoms with van der Waals surface area (Å²) in [6.07, 6.45) is 8.15. The molecule has 1 saturated heterocycles. The van der Waals surface area contributed by atoms with Gasteiger partial charge in [-0.2, -0.15) is 0 Å². The third kappa shape index (κ3) is 3.57. The summed E-state index contributed by atoms with van der Waals surface area (Å²) >= 11 is 0. The zero-order valence-corrected chi connectivity index (χ0v) is 17.6. The number of amides is 3. The van der Waals surface area contributed by atoms with Crippen LogP contribution in [0.3, 0.4) is 0 Å². The summed E-state index contributed by atoms with van der Waals surface area (Å²) in [6.45, 7) is 2.02. The minimum atomic E-state index is -0.367. The lowest BCUT2D eigenvalue weighted by molar-refractivity contribution is -0.121. The third-order valence-corrected chi connectivity index (χ3v) is 7.28. The number of primary amides is 1. The van der Waals surface area contributed by atoms with Crippen LogP contribution in [-0.2, 0) is 4.79 Å². The van der Waals surface area contributed by atoms with Crippen LogP contribution in [0.2, 0.25) is 0 Å². The van der Waals surface area contributed by atoms with E-state index >= 15 is 0 Å². The molecule has 6 heteroatoms. The summed E-state index contributed by atoms with van der Waals surface area (Å²) in [7, 11) is 0. The largest absolute Gasteiger partial charge is 0.369 e. The van der Waals surface area contributed by atoms with Gasteiger partial charge in [-0.25, -0.2) is 4.79 Å². The van der Waals surface area contributed by atoms with Crippen molar-refractivity contribution in [1.82, 2.24) is 15.1 Å². The van der Waals surface area contributed by atoms with E-state index in [4.69, 9.17) is 5.73 Å². The van der Waals surface area contributed by atoms with Crippen LogP contribution in [0, 0.1) is 11.8 Å². The molecule has 160 valence electrons. The molecule has 4 aliphatic rings. The smallest absolute Gasteiger partial charge is 0.317 e. The standard InChI is InChI=1S/C24H32N4O2/c25-23(29)21-19-15-27(24(30)26-18-9-5-2-6-10-18)13-14-28(19)22(17-11-12-17)20(21)16-7-3-1-4-8-16/h1,3-4,7-8,17-19,21H,2,5-6,9-15H2,(H2,25,29)(H,26,30). The second-order valence-corrected chi connectivity index (χ2v) is 9.31. The molecule has 3 fully saturated rings. The minimum Gasteiger partial charge on any atom is -0.369 e. The van der Waals surface area contributed by atoms with Crippen molar-refractivity contribution in [1.29, 1.82) is 0 Å². The average Bonchev–Trinajstić information content (AvgIpc) is 3.54. The van der Waals surface area contributed by atoms with Gasteiger partial charge in [-0.3, -0.25) is 4.79 Å². The van der Waals surface area contributed by atoms with Crippen molar-refractivity contribution in [2.75, 3.05) is 19.6 Å². The molecule has 2 atom stereocenters. The summed E-state index contributed by atoms with van der Waals surface area (Å²) in [5.41, 5.74) is 9.47. The summed E-state index contributed by atoms with van der Waals surface area (Å²) in [4.78, 5) is 30.0. The number of nitrogens with two attached hydrogens (primary N) is 1. The Morgan fingerprint density at radius 3 is 2.37 bits per heavy atom. The van der Waals surface area contributed by atoms with E-state index in [9.17, 15) is 9.59 Å². The highest BCUT2D eigenvalue weighted by atomic mass is 16.2. The van der Waals surface area contributed by atoms with Gasteiger partial charge in [0, 0.05) is 31.4 Å². The molecule has 0 bridgehead atoms. The first-order chi connectivity index (χ1) is 14.6. The number of carbonyl (C=O) groups is 2. The molecule has 2 unspecified atom stereocenters. The van der Waals surface area contributed by atoms with Gasteiger partial charge in [0.1, 0.15) is 0 Å². The fourth-order valence-electron chi connectivity index (χ4n) is 5.69. The Morgan fingerprint density at radius 1 is 0.967 bits per heavy atom. The maximum Gasteiger partial charge on any atom is 0.317 e. The Hall–Kier alpha value is -2.50. The molecule has 3 N–H and O–H groups in total. The number of allylic oxidation sites excluding steroid dienone is 1. The van der Waals surface area contributed by atoms with Crippen molar-refractivity contribution in [3.8, 4) is 0 Å². The van der Waals surface area contributed by atoms with Gasteiger partial charge < -0.3 is 20.9 Å². The third-order valence-electron chi connectivity index (χ3n) is 7.28.